The van der Waals surface area contributed by atoms with Crippen LogP contribution in [0.25, 0.3) is 0 Å². The maximum absolute atomic E-state index is 11.7. The lowest BCUT2D eigenvalue weighted by Crippen LogP contribution is -2.50. The minimum atomic E-state index is 0.0642. The number of methoxy groups -OCH3 is 1. The van der Waals surface area contributed by atoms with Gasteiger partial charge in [0.2, 0.25) is 5.91 Å². The molecular formula is C13H19N3O2. The maximum Gasteiger partial charge on any atom is 0.248 e. The van der Waals surface area contributed by atoms with Gasteiger partial charge in [0.25, 0.3) is 0 Å². The highest BCUT2D eigenvalue weighted by atomic mass is 16.5. The van der Waals surface area contributed by atoms with Crippen molar-refractivity contribution >= 4 is 11.7 Å². The van der Waals surface area contributed by atoms with E-state index in [1.54, 1.807) is 7.11 Å². The Hall–Kier alpha value is -1.62. The summed E-state index contributed by atoms with van der Waals surface area (Å²) in [6, 6.07) is 6.02. The smallest absolute Gasteiger partial charge is 0.248 e. The van der Waals surface area contributed by atoms with Gasteiger partial charge in [-0.15, -0.1) is 0 Å². The Morgan fingerprint density at radius 2 is 2.06 bits per heavy atom. The van der Waals surface area contributed by atoms with Crippen LogP contribution >= 0.6 is 0 Å². The number of aromatic nitrogens is 1. The van der Waals surface area contributed by atoms with Gasteiger partial charge in [-0.2, -0.15) is 0 Å². The molecule has 1 aromatic rings. The Labute approximate surface area is 107 Å². The van der Waals surface area contributed by atoms with Crippen molar-refractivity contribution < 1.29 is 9.53 Å². The van der Waals surface area contributed by atoms with Crippen molar-refractivity contribution in [1.29, 1.82) is 0 Å². The quantitative estimate of drug-likeness (QED) is 0.790. The normalized spacial score (nSPS) is 15.9. The van der Waals surface area contributed by atoms with Crippen LogP contribution in [0.5, 0.6) is 0 Å². The number of anilines is 1. The number of aryl methyl sites for hydroxylation is 1. The van der Waals surface area contributed by atoms with Crippen molar-refractivity contribution in [2.24, 2.45) is 0 Å². The van der Waals surface area contributed by atoms with Gasteiger partial charge in [0.15, 0.2) is 0 Å². The maximum atomic E-state index is 11.7. The number of carbonyl (C=O) groups is 1. The first kappa shape index (κ1) is 12.8. The summed E-state index contributed by atoms with van der Waals surface area (Å²) in [4.78, 5) is 20.2. The van der Waals surface area contributed by atoms with Crippen LogP contribution < -0.4 is 4.90 Å². The molecule has 0 saturated carbocycles. The number of rotatable bonds is 3. The van der Waals surface area contributed by atoms with Crippen molar-refractivity contribution in [3.63, 3.8) is 0 Å². The summed E-state index contributed by atoms with van der Waals surface area (Å²) in [6.45, 7) is 5.28. The van der Waals surface area contributed by atoms with Crippen molar-refractivity contribution in [3.05, 3.63) is 23.9 Å². The number of carbonyl (C=O) groups excluding carboxylic acids is 1. The van der Waals surface area contributed by atoms with E-state index in [0.717, 1.165) is 37.7 Å². The van der Waals surface area contributed by atoms with Gasteiger partial charge >= 0.3 is 0 Å². The molecule has 5 heteroatoms. The summed E-state index contributed by atoms with van der Waals surface area (Å²) in [6.07, 6.45) is 0. The molecule has 5 nitrogen and oxygen atoms in total. The standard InChI is InChI=1S/C13H19N3O2/c1-11-4-3-5-12(14-11)15-6-8-16(9-7-15)13(17)10-18-2/h3-5H,6-10H2,1-2H3. The second-order valence-corrected chi connectivity index (χ2v) is 4.44. The van der Waals surface area contributed by atoms with Gasteiger partial charge in [-0.05, 0) is 19.1 Å². The Bertz CT molecular complexity index is 414. The third-order valence-corrected chi connectivity index (χ3v) is 3.10. The SMILES string of the molecule is COCC(=O)N1CCN(c2cccc(C)n2)CC1. The number of hydrogen-bond acceptors (Lipinski definition) is 4. The Morgan fingerprint density at radius 1 is 1.33 bits per heavy atom. The van der Waals surface area contributed by atoms with E-state index in [1.165, 1.54) is 0 Å². The van der Waals surface area contributed by atoms with Gasteiger partial charge in [0.1, 0.15) is 12.4 Å². The third-order valence-electron chi connectivity index (χ3n) is 3.10. The zero-order valence-corrected chi connectivity index (χ0v) is 10.9. The average Bonchev–Trinajstić information content (AvgIpc) is 2.39. The van der Waals surface area contributed by atoms with Crippen molar-refractivity contribution in [3.8, 4) is 0 Å². The molecule has 0 aliphatic carbocycles. The first-order valence-electron chi connectivity index (χ1n) is 6.16. The number of amides is 1. The van der Waals surface area contributed by atoms with Crippen LogP contribution in [-0.2, 0) is 9.53 Å². The zero-order valence-electron chi connectivity index (χ0n) is 10.9. The van der Waals surface area contributed by atoms with Crippen LogP contribution in [0.4, 0.5) is 5.82 Å². The molecule has 0 N–H and O–H groups in total. The molecule has 1 aromatic heterocycles. The monoisotopic (exact) mass is 249 g/mol. The number of ether oxygens (including phenoxy) is 1. The number of piperazine rings is 1. The van der Waals surface area contributed by atoms with E-state index in [9.17, 15) is 4.79 Å². The van der Waals surface area contributed by atoms with E-state index in [4.69, 9.17) is 4.74 Å². The average molecular weight is 249 g/mol. The molecule has 1 aliphatic rings. The lowest BCUT2D eigenvalue weighted by molar-refractivity contribution is -0.135. The highest BCUT2D eigenvalue weighted by Gasteiger charge is 2.21. The summed E-state index contributed by atoms with van der Waals surface area (Å²) >= 11 is 0. The molecule has 1 fully saturated rings. The zero-order chi connectivity index (χ0) is 13.0. The highest BCUT2D eigenvalue weighted by molar-refractivity contribution is 5.77. The molecule has 98 valence electrons. The molecule has 0 atom stereocenters. The molecule has 0 aromatic carbocycles. The molecule has 1 aliphatic heterocycles. The molecule has 0 radical (unpaired) electrons. The molecule has 1 amide bonds. The van der Waals surface area contributed by atoms with Crippen molar-refractivity contribution in [2.45, 2.75) is 6.92 Å². The fourth-order valence-electron chi connectivity index (χ4n) is 2.10. The largest absolute Gasteiger partial charge is 0.375 e. The number of nitrogens with zero attached hydrogens (tertiary/aromatic N) is 3. The predicted octanol–water partition coefficient (Wildman–Crippen LogP) is 0.685. The Morgan fingerprint density at radius 3 is 2.67 bits per heavy atom. The summed E-state index contributed by atoms with van der Waals surface area (Å²) in [5.74, 6) is 1.06. The second-order valence-electron chi connectivity index (χ2n) is 4.44. The Kier molecular flexibility index (Phi) is 4.15. The van der Waals surface area contributed by atoms with Gasteiger partial charge in [0.05, 0.1) is 0 Å². The number of hydrogen-bond donors (Lipinski definition) is 0. The van der Waals surface area contributed by atoms with Gasteiger partial charge < -0.3 is 14.5 Å². The van der Waals surface area contributed by atoms with E-state index in [1.807, 2.05) is 30.0 Å². The first-order chi connectivity index (χ1) is 8.70. The fourth-order valence-corrected chi connectivity index (χ4v) is 2.10. The van der Waals surface area contributed by atoms with Crippen LogP contribution in [0.2, 0.25) is 0 Å². The summed E-state index contributed by atoms with van der Waals surface area (Å²) in [5, 5.41) is 0. The lowest BCUT2D eigenvalue weighted by Gasteiger charge is -2.35. The van der Waals surface area contributed by atoms with Gasteiger partial charge in [-0.25, -0.2) is 4.98 Å². The molecule has 2 rings (SSSR count). The van der Waals surface area contributed by atoms with E-state index >= 15 is 0 Å². The lowest BCUT2D eigenvalue weighted by atomic mass is 10.3. The van der Waals surface area contributed by atoms with E-state index < -0.39 is 0 Å². The fraction of sp³-hybridized carbons (Fsp3) is 0.538. The van der Waals surface area contributed by atoms with Gasteiger partial charge in [-0.1, -0.05) is 6.07 Å². The predicted molar refractivity (Wildman–Crippen MR) is 69.6 cm³/mol. The summed E-state index contributed by atoms with van der Waals surface area (Å²) < 4.78 is 4.87. The molecular weight excluding hydrogens is 230 g/mol. The minimum absolute atomic E-state index is 0.0642. The molecule has 0 spiro atoms. The molecule has 1 saturated heterocycles. The Balaban J connectivity index is 1.92. The third kappa shape index (κ3) is 2.98. The van der Waals surface area contributed by atoms with Crippen molar-refractivity contribution in [1.82, 2.24) is 9.88 Å². The van der Waals surface area contributed by atoms with Crippen LogP contribution in [-0.4, -0.2) is 55.7 Å². The highest BCUT2D eigenvalue weighted by Crippen LogP contribution is 2.13. The van der Waals surface area contributed by atoms with E-state index in [2.05, 4.69) is 9.88 Å². The summed E-state index contributed by atoms with van der Waals surface area (Å²) in [5.41, 5.74) is 1.02. The molecule has 0 unspecified atom stereocenters. The van der Waals surface area contributed by atoms with E-state index in [0.29, 0.717) is 0 Å². The van der Waals surface area contributed by atoms with Crippen LogP contribution in [0.1, 0.15) is 5.69 Å². The summed E-state index contributed by atoms with van der Waals surface area (Å²) in [7, 11) is 1.55. The molecule has 2 heterocycles. The minimum Gasteiger partial charge on any atom is -0.375 e. The van der Waals surface area contributed by atoms with Crippen LogP contribution in [0.3, 0.4) is 0 Å². The molecule has 18 heavy (non-hydrogen) atoms. The van der Waals surface area contributed by atoms with Crippen LogP contribution in [0.15, 0.2) is 18.2 Å². The van der Waals surface area contributed by atoms with Crippen LogP contribution in [0, 0.1) is 6.92 Å². The van der Waals surface area contributed by atoms with Gasteiger partial charge in [-0.3, -0.25) is 4.79 Å². The van der Waals surface area contributed by atoms with Gasteiger partial charge in [0, 0.05) is 39.0 Å². The number of pyridine rings is 1. The topological polar surface area (TPSA) is 45.7 Å². The first-order valence-corrected chi connectivity index (χ1v) is 6.16. The molecule has 0 bridgehead atoms. The van der Waals surface area contributed by atoms with Crippen molar-refractivity contribution in [2.75, 3.05) is 44.8 Å². The van der Waals surface area contributed by atoms with E-state index in [-0.39, 0.29) is 12.5 Å². The second kappa shape index (κ2) is 5.82.